The molecule has 1 atom stereocenters. The van der Waals surface area contributed by atoms with E-state index in [4.69, 9.17) is 5.73 Å². The Bertz CT molecular complexity index is 324. The topological polar surface area (TPSA) is 75.4 Å². The molecule has 2 fully saturated rings. The molecule has 15 heavy (non-hydrogen) atoms. The summed E-state index contributed by atoms with van der Waals surface area (Å²) in [6, 6.07) is 0.156. The Hall–Kier alpha value is -0.170. The molecule has 5 nitrogen and oxygen atoms in total. The minimum atomic E-state index is -3.09. The van der Waals surface area contributed by atoms with Gasteiger partial charge in [0, 0.05) is 31.7 Å². The molecule has 0 aromatic rings. The highest BCUT2D eigenvalue weighted by Gasteiger charge is 2.42. The first-order chi connectivity index (χ1) is 7.01. The van der Waals surface area contributed by atoms with Crippen LogP contribution in [0.25, 0.3) is 0 Å². The Balaban J connectivity index is 2.07. The van der Waals surface area contributed by atoms with E-state index in [2.05, 4.69) is 5.32 Å². The summed E-state index contributed by atoms with van der Waals surface area (Å²) in [5, 5.41) is 2.96. The summed E-state index contributed by atoms with van der Waals surface area (Å²) in [6.45, 7) is 4.04. The SMILES string of the molecule is C[C@@H]1CNCCN1S(=O)(=O)C1CC(N)C1. The molecule has 2 rings (SSSR count). The van der Waals surface area contributed by atoms with Crippen molar-refractivity contribution in [3.63, 3.8) is 0 Å². The van der Waals surface area contributed by atoms with Crippen LogP contribution in [-0.4, -0.2) is 49.7 Å². The number of hydrogen-bond acceptors (Lipinski definition) is 4. The van der Waals surface area contributed by atoms with Crippen molar-refractivity contribution >= 4 is 10.0 Å². The molecular formula is C9H19N3O2S. The third kappa shape index (κ3) is 2.04. The fourth-order valence-corrected chi connectivity index (χ4v) is 4.53. The fraction of sp³-hybridized carbons (Fsp3) is 1.00. The van der Waals surface area contributed by atoms with Gasteiger partial charge in [-0.05, 0) is 19.8 Å². The molecule has 1 aliphatic carbocycles. The molecule has 88 valence electrons. The number of rotatable bonds is 2. The van der Waals surface area contributed by atoms with Crippen LogP contribution >= 0.6 is 0 Å². The zero-order chi connectivity index (χ0) is 11.1. The predicted molar refractivity (Wildman–Crippen MR) is 59.0 cm³/mol. The van der Waals surface area contributed by atoms with Gasteiger partial charge in [0.05, 0.1) is 5.25 Å². The number of sulfonamides is 1. The summed E-state index contributed by atoms with van der Waals surface area (Å²) < 4.78 is 26.0. The number of nitrogens with two attached hydrogens (primary N) is 1. The zero-order valence-corrected chi connectivity index (χ0v) is 9.83. The normalized spacial score (nSPS) is 38.7. The van der Waals surface area contributed by atoms with Crippen LogP contribution in [-0.2, 0) is 10.0 Å². The lowest BCUT2D eigenvalue weighted by molar-refractivity contribution is 0.270. The smallest absolute Gasteiger partial charge is 0.217 e. The Morgan fingerprint density at radius 1 is 1.40 bits per heavy atom. The first-order valence-corrected chi connectivity index (χ1v) is 6.99. The summed E-state index contributed by atoms with van der Waals surface area (Å²) >= 11 is 0. The third-order valence-electron chi connectivity index (χ3n) is 3.32. The lowest BCUT2D eigenvalue weighted by Crippen LogP contribution is -2.57. The number of piperazine rings is 1. The van der Waals surface area contributed by atoms with Crippen molar-refractivity contribution in [2.45, 2.75) is 37.1 Å². The highest BCUT2D eigenvalue weighted by atomic mass is 32.2. The molecule has 3 N–H and O–H groups in total. The summed E-state index contributed by atoms with van der Waals surface area (Å²) in [5.41, 5.74) is 5.63. The predicted octanol–water partition coefficient (Wildman–Crippen LogP) is -0.900. The second kappa shape index (κ2) is 4.01. The summed E-state index contributed by atoms with van der Waals surface area (Å²) in [6.07, 6.45) is 1.25. The number of nitrogens with one attached hydrogen (secondary N) is 1. The van der Waals surface area contributed by atoms with Gasteiger partial charge in [0.25, 0.3) is 0 Å². The molecule has 0 spiro atoms. The summed E-state index contributed by atoms with van der Waals surface area (Å²) in [5.74, 6) is 0. The molecule has 0 aromatic carbocycles. The van der Waals surface area contributed by atoms with E-state index in [0.29, 0.717) is 19.4 Å². The van der Waals surface area contributed by atoms with E-state index in [1.807, 2.05) is 6.92 Å². The van der Waals surface area contributed by atoms with Crippen molar-refractivity contribution in [3.8, 4) is 0 Å². The van der Waals surface area contributed by atoms with Gasteiger partial charge in [0.2, 0.25) is 10.0 Å². The molecule has 0 amide bonds. The van der Waals surface area contributed by atoms with E-state index in [1.165, 1.54) is 0 Å². The van der Waals surface area contributed by atoms with E-state index >= 15 is 0 Å². The Morgan fingerprint density at radius 3 is 2.60 bits per heavy atom. The van der Waals surface area contributed by atoms with E-state index in [9.17, 15) is 8.42 Å². The molecule has 1 saturated carbocycles. The van der Waals surface area contributed by atoms with Crippen LogP contribution in [0.2, 0.25) is 0 Å². The maximum atomic E-state index is 12.2. The van der Waals surface area contributed by atoms with Crippen molar-refractivity contribution in [1.29, 1.82) is 0 Å². The Morgan fingerprint density at radius 2 is 2.07 bits per heavy atom. The second-order valence-electron chi connectivity index (χ2n) is 4.56. The largest absolute Gasteiger partial charge is 0.328 e. The average molecular weight is 233 g/mol. The fourth-order valence-electron chi connectivity index (χ4n) is 2.24. The molecule has 1 heterocycles. The monoisotopic (exact) mass is 233 g/mol. The highest BCUT2D eigenvalue weighted by Crippen LogP contribution is 2.29. The Labute approximate surface area is 91.1 Å². The first-order valence-electron chi connectivity index (χ1n) is 5.49. The molecule has 0 unspecified atom stereocenters. The summed E-state index contributed by atoms with van der Waals surface area (Å²) in [4.78, 5) is 0. The molecule has 0 bridgehead atoms. The van der Waals surface area contributed by atoms with Gasteiger partial charge in [0.15, 0.2) is 0 Å². The van der Waals surface area contributed by atoms with E-state index in [1.54, 1.807) is 4.31 Å². The minimum absolute atomic E-state index is 0.0700. The van der Waals surface area contributed by atoms with Gasteiger partial charge in [-0.1, -0.05) is 0 Å². The molecule has 0 aromatic heterocycles. The van der Waals surface area contributed by atoms with Crippen LogP contribution in [0.15, 0.2) is 0 Å². The van der Waals surface area contributed by atoms with Crippen LogP contribution < -0.4 is 11.1 Å². The van der Waals surface area contributed by atoms with Crippen LogP contribution in [0, 0.1) is 0 Å². The van der Waals surface area contributed by atoms with Crippen LogP contribution in [0.1, 0.15) is 19.8 Å². The van der Waals surface area contributed by atoms with Crippen LogP contribution in [0.5, 0.6) is 0 Å². The van der Waals surface area contributed by atoms with Crippen molar-refractivity contribution in [2.75, 3.05) is 19.6 Å². The quantitative estimate of drug-likeness (QED) is 0.648. The van der Waals surface area contributed by atoms with Crippen molar-refractivity contribution < 1.29 is 8.42 Å². The van der Waals surface area contributed by atoms with Crippen LogP contribution in [0.3, 0.4) is 0 Å². The molecule has 6 heteroatoms. The highest BCUT2D eigenvalue weighted by molar-refractivity contribution is 7.89. The first kappa shape index (κ1) is 11.3. The van der Waals surface area contributed by atoms with Gasteiger partial charge in [0.1, 0.15) is 0 Å². The standard InChI is InChI=1S/C9H19N3O2S/c1-7-6-11-2-3-12(7)15(13,14)9-4-8(10)5-9/h7-9,11H,2-6,10H2,1H3/t7-,8?,9?/m1/s1. The van der Waals surface area contributed by atoms with E-state index in [0.717, 1.165) is 13.1 Å². The van der Waals surface area contributed by atoms with Gasteiger partial charge in [-0.2, -0.15) is 4.31 Å². The average Bonchev–Trinajstić information content (AvgIpc) is 2.13. The molecule has 1 saturated heterocycles. The van der Waals surface area contributed by atoms with E-state index in [-0.39, 0.29) is 17.3 Å². The lowest BCUT2D eigenvalue weighted by Gasteiger charge is -2.40. The van der Waals surface area contributed by atoms with Crippen molar-refractivity contribution in [2.24, 2.45) is 5.73 Å². The van der Waals surface area contributed by atoms with Gasteiger partial charge in [-0.15, -0.1) is 0 Å². The molecule has 1 aliphatic heterocycles. The Kier molecular flexibility index (Phi) is 3.03. The molecule has 0 radical (unpaired) electrons. The molecule has 2 aliphatic rings. The maximum Gasteiger partial charge on any atom is 0.217 e. The number of nitrogens with zero attached hydrogens (tertiary/aromatic N) is 1. The van der Waals surface area contributed by atoms with Crippen LogP contribution in [0.4, 0.5) is 0 Å². The van der Waals surface area contributed by atoms with Gasteiger partial charge in [-0.25, -0.2) is 8.42 Å². The lowest BCUT2D eigenvalue weighted by atomic mass is 9.94. The zero-order valence-electron chi connectivity index (χ0n) is 9.02. The summed E-state index contributed by atoms with van der Waals surface area (Å²) in [7, 11) is -3.09. The number of hydrogen-bond donors (Lipinski definition) is 2. The van der Waals surface area contributed by atoms with Crippen molar-refractivity contribution in [3.05, 3.63) is 0 Å². The van der Waals surface area contributed by atoms with Crippen molar-refractivity contribution in [1.82, 2.24) is 9.62 Å². The van der Waals surface area contributed by atoms with Gasteiger partial charge in [-0.3, -0.25) is 0 Å². The second-order valence-corrected chi connectivity index (χ2v) is 6.73. The van der Waals surface area contributed by atoms with E-state index < -0.39 is 10.0 Å². The third-order valence-corrected chi connectivity index (χ3v) is 5.74. The van der Waals surface area contributed by atoms with Gasteiger partial charge < -0.3 is 11.1 Å². The maximum absolute atomic E-state index is 12.2. The van der Waals surface area contributed by atoms with Gasteiger partial charge >= 0.3 is 0 Å². The minimum Gasteiger partial charge on any atom is -0.328 e. The molecular weight excluding hydrogens is 214 g/mol.